The first-order valence-electron chi connectivity index (χ1n) is 10.4. The molecule has 34 heavy (non-hydrogen) atoms. The fraction of sp³-hybridized carbons (Fsp3) is 0.167. The summed E-state index contributed by atoms with van der Waals surface area (Å²) in [5, 5.41) is 2.78. The highest BCUT2D eigenvalue weighted by Crippen LogP contribution is 2.25. The number of amides is 1. The van der Waals surface area contributed by atoms with E-state index in [0.717, 1.165) is 0 Å². The fourth-order valence-electron chi connectivity index (χ4n) is 3.32. The third-order valence-corrected chi connectivity index (χ3v) is 7.35. The van der Waals surface area contributed by atoms with Crippen molar-refractivity contribution >= 4 is 39.2 Å². The number of benzene rings is 3. The maximum atomic E-state index is 12.9. The molecule has 3 aromatic rings. The molecule has 0 spiro atoms. The smallest absolute Gasteiger partial charge is 0.343 e. The average Bonchev–Trinajstić information content (AvgIpc) is 2.85. The van der Waals surface area contributed by atoms with E-state index in [-0.39, 0.29) is 28.6 Å². The molecule has 0 unspecified atom stereocenters. The molecule has 1 N–H and O–H groups in total. The average molecular weight is 501 g/mol. The largest absolute Gasteiger partial charge is 0.423 e. The number of carbonyl (C=O) groups excluding carboxylic acids is 2. The van der Waals surface area contributed by atoms with Crippen molar-refractivity contribution < 1.29 is 27.5 Å². The second-order valence-electron chi connectivity index (χ2n) is 7.39. The normalized spacial score (nSPS) is 14.4. The first-order valence-corrected chi connectivity index (χ1v) is 12.2. The van der Waals surface area contributed by atoms with Crippen molar-refractivity contribution in [2.45, 2.75) is 4.90 Å². The minimum absolute atomic E-state index is 0.0172. The highest BCUT2D eigenvalue weighted by molar-refractivity contribution is 7.89. The van der Waals surface area contributed by atoms with Crippen molar-refractivity contribution in [2.75, 3.05) is 31.6 Å². The van der Waals surface area contributed by atoms with Crippen molar-refractivity contribution in [1.29, 1.82) is 0 Å². The Hall–Kier alpha value is -3.24. The molecule has 8 nitrogen and oxygen atoms in total. The first-order chi connectivity index (χ1) is 16.3. The Morgan fingerprint density at radius 3 is 2.29 bits per heavy atom. The summed E-state index contributed by atoms with van der Waals surface area (Å²) in [6.07, 6.45) is 0. The Balaban J connectivity index is 1.47. The molecule has 1 aliphatic heterocycles. The van der Waals surface area contributed by atoms with E-state index in [1.165, 1.54) is 34.6 Å². The summed E-state index contributed by atoms with van der Waals surface area (Å²) in [4.78, 5) is 25.1. The van der Waals surface area contributed by atoms with E-state index in [4.69, 9.17) is 21.1 Å². The number of nitrogens with one attached hydrogen (secondary N) is 1. The molecule has 1 saturated heterocycles. The Bertz CT molecular complexity index is 1290. The van der Waals surface area contributed by atoms with Crippen LogP contribution in [0.15, 0.2) is 77.7 Å². The van der Waals surface area contributed by atoms with Gasteiger partial charge in [0.05, 0.1) is 34.3 Å². The zero-order valence-corrected chi connectivity index (χ0v) is 19.5. The van der Waals surface area contributed by atoms with Gasteiger partial charge in [0.15, 0.2) is 0 Å². The van der Waals surface area contributed by atoms with Crippen molar-refractivity contribution in [1.82, 2.24) is 4.31 Å². The van der Waals surface area contributed by atoms with Crippen LogP contribution in [0.25, 0.3) is 0 Å². The molecule has 3 aromatic carbocycles. The lowest BCUT2D eigenvalue weighted by molar-refractivity contribution is 0.0730. The van der Waals surface area contributed by atoms with E-state index in [1.54, 1.807) is 36.4 Å². The molecule has 1 aliphatic rings. The summed E-state index contributed by atoms with van der Waals surface area (Å²) in [5.41, 5.74) is 0.723. The lowest BCUT2D eigenvalue weighted by atomic mass is 10.2. The maximum Gasteiger partial charge on any atom is 0.343 e. The van der Waals surface area contributed by atoms with Crippen LogP contribution in [0.1, 0.15) is 20.7 Å². The van der Waals surface area contributed by atoms with Crippen molar-refractivity contribution in [3.8, 4) is 5.75 Å². The Labute approximate surface area is 202 Å². The van der Waals surface area contributed by atoms with Crippen LogP contribution >= 0.6 is 11.6 Å². The number of sulfonamides is 1. The Kier molecular flexibility index (Phi) is 7.28. The van der Waals surface area contributed by atoms with Crippen LogP contribution in [0.5, 0.6) is 5.75 Å². The van der Waals surface area contributed by atoms with Gasteiger partial charge in [-0.2, -0.15) is 4.31 Å². The molecular formula is C24H21ClN2O6S. The Morgan fingerprint density at radius 1 is 0.941 bits per heavy atom. The number of ether oxygens (including phenoxy) is 2. The highest BCUT2D eigenvalue weighted by atomic mass is 35.5. The molecule has 4 rings (SSSR count). The monoisotopic (exact) mass is 500 g/mol. The topological polar surface area (TPSA) is 102 Å². The van der Waals surface area contributed by atoms with Crippen LogP contribution in [-0.4, -0.2) is 50.9 Å². The number of morpholine rings is 1. The number of para-hydroxylation sites is 1. The fourth-order valence-corrected chi connectivity index (χ4v) is 4.96. The van der Waals surface area contributed by atoms with Gasteiger partial charge in [-0.25, -0.2) is 13.2 Å². The molecule has 1 amide bonds. The lowest BCUT2D eigenvalue weighted by Gasteiger charge is -2.26. The summed E-state index contributed by atoms with van der Waals surface area (Å²) < 4.78 is 37.6. The molecule has 1 fully saturated rings. The zero-order chi connectivity index (χ0) is 24.1. The number of rotatable bonds is 6. The quantitative estimate of drug-likeness (QED) is 0.407. The number of carbonyl (C=O) groups is 2. The minimum atomic E-state index is -3.79. The molecule has 10 heteroatoms. The summed E-state index contributed by atoms with van der Waals surface area (Å²) in [6, 6.07) is 18.8. The standard InChI is InChI=1S/C24H21ClN2O6S/c25-22-11-10-20(34(30,31)27-12-14-32-15-13-27)16-21(22)23(28)26-18-8-6-17(7-9-18)24(29)33-19-4-2-1-3-5-19/h1-11,16H,12-15H2,(H,26,28). The van der Waals surface area contributed by atoms with E-state index >= 15 is 0 Å². The molecule has 0 radical (unpaired) electrons. The highest BCUT2D eigenvalue weighted by Gasteiger charge is 2.27. The third kappa shape index (κ3) is 5.45. The van der Waals surface area contributed by atoms with E-state index in [1.807, 2.05) is 6.07 Å². The van der Waals surface area contributed by atoms with E-state index in [0.29, 0.717) is 30.2 Å². The minimum Gasteiger partial charge on any atom is -0.423 e. The molecule has 0 saturated carbocycles. The van der Waals surface area contributed by atoms with Crippen molar-refractivity contribution in [3.63, 3.8) is 0 Å². The van der Waals surface area contributed by atoms with Crippen molar-refractivity contribution in [3.05, 3.63) is 88.9 Å². The van der Waals surface area contributed by atoms with Crippen molar-refractivity contribution in [2.24, 2.45) is 0 Å². The predicted octanol–water partition coefficient (Wildman–Crippen LogP) is 3.83. The SMILES string of the molecule is O=C(Oc1ccccc1)c1ccc(NC(=O)c2cc(S(=O)(=O)N3CCOCC3)ccc2Cl)cc1. The van der Waals surface area contributed by atoms with Gasteiger partial charge in [-0.1, -0.05) is 29.8 Å². The molecule has 0 aliphatic carbocycles. The lowest BCUT2D eigenvalue weighted by Crippen LogP contribution is -2.40. The van der Waals surface area contributed by atoms with Crippen LogP contribution in [-0.2, 0) is 14.8 Å². The molecule has 0 aromatic heterocycles. The number of hydrogen-bond acceptors (Lipinski definition) is 6. The van der Waals surface area contributed by atoms with Gasteiger partial charge in [-0.05, 0) is 54.6 Å². The second-order valence-corrected chi connectivity index (χ2v) is 9.74. The summed E-state index contributed by atoms with van der Waals surface area (Å²) in [5.74, 6) is -0.691. The molecule has 0 bridgehead atoms. The van der Waals surface area contributed by atoms with Gasteiger partial charge >= 0.3 is 5.97 Å². The number of anilines is 1. The van der Waals surface area contributed by atoms with Gasteiger partial charge in [0, 0.05) is 18.8 Å². The van der Waals surface area contributed by atoms with Gasteiger partial charge in [-0.3, -0.25) is 4.79 Å². The zero-order valence-electron chi connectivity index (χ0n) is 17.9. The van der Waals surface area contributed by atoms with Gasteiger partial charge in [0.1, 0.15) is 5.75 Å². The van der Waals surface area contributed by atoms with Crippen LogP contribution in [0.3, 0.4) is 0 Å². The van der Waals surface area contributed by atoms with Gasteiger partial charge in [0.25, 0.3) is 5.91 Å². The van der Waals surface area contributed by atoms with E-state index in [9.17, 15) is 18.0 Å². The maximum absolute atomic E-state index is 12.9. The van der Waals surface area contributed by atoms with Gasteiger partial charge in [0.2, 0.25) is 10.0 Å². The van der Waals surface area contributed by atoms with Gasteiger partial charge < -0.3 is 14.8 Å². The van der Waals surface area contributed by atoms with Gasteiger partial charge in [-0.15, -0.1) is 0 Å². The van der Waals surface area contributed by atoms with Crippen LogP contribution < -0.4 is 10.1 Å². The Morgan fingerprint density at radius 2 is 1.62 bits per heavy atom. The molecule has 1 heterocycles. The first kappa shape index (κ1) is 23.9. The predicted molar refractivity (Wildman–Crippen MR) is 127 cm³/mol. The number of halogens is 1. The number of hydrogen-bond donors (Lipinski definition) is 1. The summed E-state index contributed by atoms with van der Waals surface area (Å²) in [6.45, 7) is 1.11. The molecule has 0 atom stereocenters. The van der Waals surface area contributed by atoms with Crippen LogP contribution in [0, 0.1) is 0 Å². The molecule has 176 valence electrons. The van der Waals surface area contributed by atoms with E-state index < -0.39 is 21.9 Å². The second kappa shape index (κ2) is 10.4. The molecular weight excluding hydrogens is 480 g/mol. The van der Waals surface area contributed by atoms with Crippen LogP contribution in [0.2, 0.25) is 5.02 Å². The third-order valence-electron chi connectivity index (χ3n) is 5.12. The summed E-state index contributed by atoms with van der Waals surface area (Å²) >= 11 is 6.19. The number of esters is 1. The van der Waals surface area contributed by atoms with E-state index in [2.05, 4.69) is 5.32 Å². The number of nitrogens with zero attached hydrogens (tertiary/aromatic N) is 1. The summed E-state index contributed by atoms with van der Waals surface area (Å²) in [7, 11) is -3.79. The van der Waals surface area contributed by atoms with Crippen LogP contribution in [0.4, 0.5) is 5.69 Å².